The van der Waals surface area contributed by atoms with Crippen LogP contribution in [0.15, 0.2) is 66.2 Å². The van der Waals surface area contributed by atoms with E-state index in [4.69, 9.17) is 21.1 Å². The molecular weight excluding hydrogens is 539 g/mol. The van der Waals surface area contributed by atoms with Gasteiger partial charge in [0.05, 0.1) is 12.1 Å². The smallest absolute Gasteiger partial charge is 0.266 e. The van der Waals surface area contributed by atoms with E-state index in [-0.39, 0.29) is 5.57 Å². The first kappa shape index (κ1) is 23.6. The predicted molar refractivity (Wildman–Crippen MR) is 135 cm³/mol. The second kappa shape index (κ2) is 11.0. The van der Waals surface area contributed by atoms with Gasteiger partial charge in [0.25, 0.3) is 5.91 Å². The Balaban J connectivity index is 1.81. The predicted octanol–water partition coefficient (Wildman–Crippen LogP) is 6.39. The fourth-order valence-corrected chi connectivity index (χ4v) is 3.70. The molecule has 0 spiro atoms. The maximum Gasteiger partial charge on any atom is 0.266 e. The van der Waals surface area contributed by atoms with Crippen molar-refractivity contribution in [2.75, 3.05) is 12.4 Å². The molecule has 0 bridgehead atoms. The first-order valence-electron chi connectivity index (χ1n) is 9.64. The van der Waals surface area contributed by atoms with E-state index in [9.17, 15) is 10.1 Å². The van der Waals surface area contributed by atoms with E-state index in [1.807, 2.05) is 55.5 Å². The minimum absolute atomic E-state index is 0.0599. The summed E-state index contributed by atoms with van der Waals surface area (Å²) in [6.45, 7) is 2.35. The van der Waals surface area contributed by atoms with Crippen LogP contribution in [-0.4, -0.2) is 13.0 Å². The van der Waals surface area contributed by atoms with Crippen molar-refractivity contribution < 1.29 is 14.3 Å². The van der Waals surface area contributed by atoms with Crippen LogP contribution in [0.4, 0.5) is 5.69 Å². The standard InChI is InChI=1S/C25H20ClIN2O3/c1-16-6-8-17(9-7-16)15-32-24-22(26)11-18(12-23(24)31-2)10-19(14-28)25(30)29-21-5-3-4-20(27)13-21/h3-13H,15H2,1-2H3,(H,29,30)/b19-10+. The Hall–Kier alpha value is -3.02. The van der Waals surface area contributed by atoms with Crippen LogP contribution < -0.4 is 14.8 Å². The SMILES string of the molecule is COc1cc(/C=C(\C#N)C(=O)Nc2cccc(I)c2)cc(Cl)c1OCc1ccc(C)cc1. The highest BCUT2D eigenvalue weighted by Crippen LogP contribution is 2.37. The molecule has 0 unspecified atom stereocenters. The zero-order valence-electron chi connectivity index (χ0n) is 17.5. The number of aryl methyl sites for hydroxylation is 1. The van der Waals surface area contributed by atoms with Crippen molar-refractivity contribution in [1.29, 1.82) is 5.26 Å². The van der Waals surface area contributed by atoms with E-state index < -0.39 is 5.91 Å². The third-order valence-electron chi connectivity index (χ3n) is 4.51. The van der Waals surface area contributed by atoms with Gasteiger partial charge in [0.15, 0.2) is 11.5 Å². The Morgan fingerprint density at radius 3 is 2.59 bits per heavy atom. The zero-order chi connectivity index (χ0) is 23.1. The summed E-state index contributed by atoms with van der Waals surface area (Å²) in [7, 11) is 1.51. The van der Waals surface area contributed by atoms with Gasteiger partial charge >= 0.3 is 0 Å². The summed E-state index contributed by atoms with van der Waals surface area (Å²) in [6, 6.07) is 20.5. The normalized spacial score (nSPS) is 10.9. The van der Waals surface area contributed by atoms with E-state index in [0.717, 1.165) is 9.13 Å². The number of nitrogens with zero attached hydrogens (tertiary/aromatic N) is 1. The second-order valence-electron chi connectivity index (χ2n) is 6.94. The molecule has 0 aromatic heterocycles. The number of carbonyl (C=O) groups is 1. The van der Waals surface area contributed by atoms with Crippen molar-refractivity contribution in [3.05, 3.63) is 91.5 Å². The molecule has 0 atom stereocenters. The Morgan fingerprint density at radius 2 is 1.94 bits per heavy atom. The second-order valence-corrected chi connectivity index (χ2v) is 8.60. The Bertz CT molecular complexity index is 1200. The molecule has 0 aliphatic heterocycles. The van der Waals surface area contributed by atoms with Gasteiger partial charge in [0.2, 0.25) is 0 Å². The molecule has 162 valence electrons. The molecule has 5 nitrogen and oxygen atoms in total. The number of hydrogen-bond donors (Lipinski definition) is 1. The van der Waals surface area contributed by atoms with E-state index in [1.54, 1.807) is 18.2 Å². The topological polar surface area (TPSA) is 71.3 Å². The Morgan fingerprint density at radius 1 is 1.19 bits per heavy atom. The molecule has 0 saturated heterocycles. The summed E-state index contributed by atoms with van der Waals surface area (Å²) in [4.78, 5) is 12.6. The summed E-state index contributed by atoms with van der Waals surface area (Å²) in [5.74, 6) is 0.296. The quantitative estimate of drug-likeness (QED) is 0.207. The zero-order valence-corrected chi connectivity index (χ0v) is 20.4. The van der Waals surface area contributed by atoms with Gasteiger partial charge in [-0.2, -0.15) is 5.26 Å². The van der Waals surface area contributed by atoms with Crippen LogP contribution in [0.3, 0.4) is 0 Å². The minimum Gasteiger partial charge on any atom is -0.493 e. The molecule has 0 aliphatic carbocycles. The largest absolute Gasteiger partial charge is 0.493 e. The lowest BCUT2D eigenvalue weighted by atomic mass is 10.1. The molecule has 3 rings (SSSR count). The number of ether oxygens (including phenoxy) is 2. The summed E-state index contributed by atoms with van der Waals surface area (Å²) in [5.41, 5.74) is 3.26. The summed E-state index contributed by atoms with van der Waals surface area (Å²) >= 11 is 8.59. The van der Waals surface area contributed by atoms with Gasteiger partial charge in [-0.05, 0) is 77.0 Å². The van der Waals surface area contributed by atoms with E-state index in [1.165, 1.54) is 18.7 Å². The summed E-state index contributed by atoms with van der Waals surface area (Å²) < 4.78 is 12.3. The number of methoxy groups -OCH3 is 1. The van der Waals surface area contributed by atoms with Crippen LogP contribution >= 0.6 is 34.2 Å². The van der Waals surface area contributed by atoms with E-state index in [0.29, 0.717) is 34.4 Å². The van der Waals surface area contributed by atoms with Crippen LogP contribution in [0, 0.1) is 21.8 Å². The van der Waals surface area contributed by atoms with Gasteiger partial charge in [-0.1, -0.05) is 47.5 Å². The number of nitriles is 1. The third-order valence-corrected chi connectivity index (χ3v) is 5.47. The number of anilines is 1. The van der Waals surface area contributed by atoms with Gasteiger partial charge in [0, 0.05) is 9.26 Å². The lowest BCUT2D eigenvalue weighted by Gasteiger charge is -2.14. The number of benzene rings is 3. The first-order chi connectivity index (χ1) is 15.4. The number of nitrogens with one attached hydrogen (secondary N) is 1. The highest BCUT2D eigenvalue weighted by atomic mass is 127. The van der Waals surface area contributed by atoms with Crippen molar-refractivity contribution in [3.63, 3.8) is 0 Å². The molecule has 0 radical (unpaired) electrons. The molecular formula is C25H20ClIN2O3. The number of hydrogen-bond acceptors (Lipinski definition) is 4. The average molecular weight is 559 g/mol. The third kappa shape index (κ3) is 6.25. The summed E-state index contributed by atoms with van der Waals surface area (Å²) in [5, 5.41) is 12.5. The maximum absolute atomic E-state index is 12.6. The van der Waals surface area contributed by atoms with Gasteiger partial charge < -0.3 is 14.8 Å². The monoisotopic (exact) mass is 558 g/mol. The van der Waals surface area contributed by atoms with Crippen molar-refractivity contribution in [2.45, 2.75) is 13.5 Å². The van der Waals surface area contributed by atoms with Crippen LogP contribution in [0.25, 0.3) is 6.08 Å². The molecule has 7 heteroatoms. The van der Waals surface area contributed by atoms with Crippen molar-refractivity contribution in [3.8, 4) is 17.6 Å². The first-order valence-corrected chi connectivity index (χ1v) is 11.1. The van der Waals surface area contributed by atoms with Crippen LogP contribution in [0.5, 0.6) is 11.5 Å². The molecule has 1 amide bonds. The molecule has 0 saturated carbocycles. The van der Waals surface area contributed by atoms with Crippen LogP contribution in [0.2, 0.25) is 5.02 Å². The highest BCUT2D eigenvalue weighted by Gasteiger charge is 2.15. The lowest BCUT2D eigenvalue weighted by molar-refractivity contribution is -0.112. The lowest BCUT2D eigenvalue weighted by Crippen LogP contribution is -2.13. The average Bonchev–Trinajstić information content (AvgIpc) is 2.77. The molecule has 1 N–H and O–H groups in total. The van der Waals surface area contributed by atoms with Gasteiger partial charge in [0.1, 0.15) is 18.2 Å². The Kier molecular flexibility index (Phi) is 8.14. The molecule has 0 fully saturated rings. The fraction of sp³-hybridized carbons (Fsp3) is 0.120. The van der Waals surface area contributed by atoms with Crippen molar-refractivity contribution in [1.82, 2.24) is 0 Å². The van der Waals surface area contributed by atoms with Crippen LogP contribution in [-0.2, 0) is 11.4 Å². The molecule has 0 aliphatic rings. The van der Waals surface area contributed by atoms with E-state index >= 15 is 0 Å². The number of amides is 1. The van der Waals surface area contributed by atoms with Gasteiger partial charge in [-0.25, -0.2) is 0 Å². The Labute approximate surface area is 205 Å². The minimum atomic E-state index is -0.510. The van der Waals surface area contributed by atoms with E-state index in [2.05, 4.69) is 27.9 Å². The molecule has 32 heavy (non-hydrogen) atoms. The number of rotatable bonds is 7. The highest BCUT2D eigenvalue weighted by molar-refractivity contribution is 14.1. The van der Waals surface area contributed by atoms with Gasteiger partial charge in [-0.3, -0.25) is 4.79 Å². The summed E-state index contributed by atoms with van der Waals surface area (Å²) in [6.07, 6.45) is 1.46. The molecule has 0 heterocycles. The fourth-order valence-electron chi connectivity index (χ4n) is 2.88. The molecule has 3 aromatic rings. The number of carbonyl (C=O) groups excluding carboxylic acids is 1. The van der Waals surface area contributed by atoms with Crippen LogP contribution in [0.1, 0.15) is 16.7 Å². The number of halogens is 2. The van der Waals surface area contributed by atoms with Crippen molar-refractivity contribution in [2.24, 2.45) is 0 Å². The maximum atomic E-state index is 12.6. The molecule has 3 aromatic carbocycles. The van der Waals surface area contributed by atoms with Crippen molar-refractivity contribution >= 4 is 51.9 Å². The van der Waals surface area contributed by atoms with Gasteiger partial charge in [-0.15, -0.1) is 0 Å².